The van der Waals surface area contributed by atoms with E-state index in [0.717, 1.165) is 28.9 Å². The number of aliphatic hydroxyl groups is 3. The number of hydrogen-bond donors (Lipinski definition) is 6. The van der Waals surface area contributed by atoms with E-state index in [2.05, 4.69) is 35.8 Å². The fourth-order valence-electron chi connectivity index (χ4n) is 6.24. The monoisotopic (exact) mass is 657 g/mol. The van der Waals surface area contributed by atoms with Crippen LogP contribution < -0.4 is 20.9 Å². The number of halogens is 4. The Morgan fingerprint density at radius 3 is 2.76 bits per heavy atom. The third-order valence-corrected chi connectivity index (χ3v) is 9.56. The van der Waals surface area contributed by atoms with Gasteiger partial charge in [-0.1, -0.05) is 12.1 Å². The lowest BCUT2D eigenvalue weighted by molar-refractivity contribution is -0.420. The van der Waals surface area contributed by atoms with Crippen molar-refractivity contribution in [3.05, 3.63) is 40.4 Å². The van der Waals surface area contributed by atoms with Crippen molar-refractivity contribution in [3.63, 3.8) is 0 Å². The van der Waals surface area contributed by atoms with Gasteiger partial charge in [-0.3, -0.25) is 14.4 Å². The molecule has 0 radical (unpaired) electrons. The molecule has 0 saturated carbocycles. The van der Waals surface area contributed by atoms with Crippen molar-refractivity contribution in [3.8, 4) is 5.88 Å². The Labute approximate surface area is 257 Å². The number of anilines is 1. The van der Waals surface area contributed by atoms with Crippen molar-refractivity contribution in [2.24, 2.45) is 12.0 Å². The van der Waals surface area contributed by atoms with Crippen LogP contribution in [0.15, 0.2) is 29.4 Å². The highest BCUT2D eigenvalue weighted by Crippen LogP contribution is 2.44. The zero-order valence-electron chi connectivity index (χ0n) is 24.0. The maximum atomic E-state index is 15.4. The number of amides is 1. The van der Waals surface area contributed by atoms with Crippen LogP contribution in [0.4, 0.5) is 23.2 Å². The fraction of sp³-hybridized carbons (Fsp3) is 0.519. The van der Waals surface area contributed by atoms with Gasteiger partial charge in [0, 0.05) is 25.3 Å². The first kappa shape index (κ1) is 31.4. The number of benzene rings is 1. The lowest BCUT2D eigenvalue weighted by Crippen LogP contribution is -2.53. The number of hydroxylamine groups is 1. The van der Waals surface area contributed by atoms with E-state index in [9.17, 15) is 18.0 Å². The van der Waals surface area contributed by atoms with Gasteiger partial charge < -0.3 is 35.5 Å². The maximum absolute atomic E-state index is 15.4. The van der Waals surface area contributed by atoms with Crippen LogP contribution in [0.1, 0.15) is 46.2 Å². The van der Waals surface area contributed by atoms with Crippen molar-refractivity contribution >= 4 is 38.9 Å². The molecule has 2 fully saturated rings. The van der Waals surface area contributed by atoms with Gasteiger partial charge in [0.05, 0.1) is 34.3 Å². The van der Waals surface area contributed by atoms with Crippen LogP contribution in [0.25, 0.3) is 10.1 Å². The van der Waals surface area contributed by atoms with E-state index in [1.165, 1.54) is 13.2 Å². The second-order valence-corrected chi connectivity index (χ2v) is 12.4. The SMILES string of the molecule is CN1C2CCC1C(F)C(Nc1cccc3c(CC(F)(F)F)c(C4N=C(CNC(=O)c5cn(C)nc5OC(O)(O)O)ON4)sc13)C2. The number of fused-ring (bicyclic) bond motifs is 3. The van der Waals surface area contributed by atoms with Gasteiger partial charge in [-0.25, -0.2) is 9.38 Å². The molecule has 5 heterocycles. The van der Waals surface area contributed by atoms with Gasteiger partial charge >= 0.3 is 12.3 Å². The molecule has 3 aliphatic heterocycles. The van der Waals surface area contributed by atoms with E-state index in [-0.39, 0.29) is 40.5 Å². The molecular weight excluding hydrogens is 626 g/mol. The summed E-state index contributed by atoms with van der Waals surface area (Å²) in [5, 5.41) is 37.1. The van der Waals surface area contributed by atoms with Gasteiger partial charge in [0.25, 0.3) is 11.8 Å². The quantitative estimate of drug-likeness (QED) is 0.148. The van der Waals surface area contributed by atoms with E-state index in [1.54, 1.807) is 18.2 Å². The molecule has 2 saturated heterocycles. The maximum Gasteiger partial charge on any atom is 0.454 e. The molecule has 5 unspecified atom stereocenters. The number of carbonyl (C=O) groups excluding carboxylic acids is 1. The Hall–Kier alpha value is -3.55. The Bertz CT molecular complexity index is 1620. The molecule has 5 atom stereocenters. The molecule has 244 valence electrons. The van der Waals surface area contributed by atoms with E-state index in [4.69, 9.17) is 20.2 Å². The highest BCUT2D eigenvalue weighted by molar-refractivity contribution is 7.20. The Morgan fingerprint density at radius 1 is 1.24 bits per heavy atom. The number of carbonyl (C=O) groups is 1. The van der Waals surface area contributed by atoms with E-state index >= 15 is 4.39 Å². The molecular formula is C27H31F4N7O6S. The molecule has 1 amide bonds. The zero-order valence-corrected chi connectivity index (χ0v) is 24.8. The molecule has 6 rings (SSSR count). The molecule has 3 aromatic rings. The largest absolute Gasteiger partial charge is 0.454 e. The average molecular weight is 658 g/mol. The minimum Gasteiger partial charge on any atom is -0.396 e. The summed E-state index contributed by atoms with van der Waals surface area (Å²) in [6, 6.07) is 4.55. The molecule has 2 bridgehead atoms. The summed E-state index contributed by atoms with van der Waals surface area (Å²) in [4.78, 5) is 24.8. The fourth-order valence-corrected chi connectivity index (χ4v) is 7.52. The van der Waals surface area contributed by atoms with Crippen LogP contribution in [-0.4, -0.2) is 92.0 Å². The van der Waals surface area contributed by atoms with Crippen molar-refractivity contribution < 1.29 is 47.3 Å². The summed E-state index contributed by atoms with van der Waals surface area (Å²) in [6.45, 7) is -0.304. The lowest BCUT2D eigenvalue weighted by Gasteiger charge is -2.39. The van der Waals surface area contributed by atoms with Crippen molar-refractivity contribution in [2.75, 3.05) is 18.9 Å². The molecule has 0 spiro atoms. The normalized spacial score (nSPS) is 25.4. The summed E-state index contributed by atoms with van der Waals surface area (Å²) < 4.78 is 62.9. The molecule has 2 aromatic heterocycles. The van der Waals surface area contributed by atoms with Gasteiger partial charge in [0.1, 0.15) is 11.7 Å². The van der Waals surface area contributed by atoms with Crippen molar-refractivity contribution in [1.29, 1.82) is 0 Å². The van der Waals surface area contributed by atoms with E-state index < -0.39 is 48.9 Å². The standard InChI is InChI=1S/C27H31F4N7O6S/c1-37-11-15(25(35-37)43-27(40,41)42)24(39)32-10-19-34-23(36-44-19)22-14(9-26(29,30)31)13-4-3-5-16(21(13)45-22)33-17-8-12-6-7-18(20(17)28)38(12)2/h3-5,11-12,17-18,20,23,33,36,40-42H,6-10H2,1-2H3,(H,32,39). The molecule has 1 aromatic carbocycles. The first-order chi connectivity index (χ1) is 21.2. The second kappa shape index (κ2) is 11.7. The van der Waals surface area contributed by atoms with Crippen LogP contribution in [0.2, 0.25) is 0 Å². The van der Waals surface area contributed by atoms with Crippen molar-refractivity contribution in [1.82, 2.24) is 25.5 Å². The molecule has 45 heavy (non-hydrogen) atoms. The summed E-state index contributed by atoms with van der Waals surface area (Å²) >= 11 is 1.10. The minimum atomic E-state index is -4.53. The number of aromatic nitrogens is 2. The Kier molecular flexibility index (Phi) is 8.15. The highest BCUT2D eigenvalue weighted by atomic mass is 32.1. The molecule has 3 aliphatic rings. The van der Waals surface area contributed by atoms with Gasteiger partial charge in [-0.15, -0.1) is 21.9 Å². The minimum absolute atomic E-state index is 0.0131. The van der Waals surface area contributed by atoms with Gasteiger partial charge in [0.15, 0.2) is 6.17 Å². The van der Waals surface area contributed by atoms with Gasteiger partial charge in [-0.05, 0) is 43.3 Å². The third-order valence-electron chi connectivity index (χ3n) is 8.22. The number of rotatable bonds is 9. The second-order valence-electron chi connectivity index (χ2n) is 11.3. The van der Waals surface area contributed by atoms with E-state index in [1.807, 2.05) is 7.05 Å². The zero-order chi connectivity index (χ0) is 32.3. The topological polar surface area (TPSA) is 166 Å². The first-order valence-electron chi connectivity index (χ1n) is 14.1. The predicted molar refractivity (Wildman–Crippen MR) is 153 cm³/mol. The number of nitrogens with zero attached hydrogens (tertiary/aromatic N) is 4. The molecule has 6 N–H and O–H groups in total. The van der Waals surface area contributed by atoms with E-state index in [0.29, 0.717) is 22.2 Å². The number of hydrogen-bond acceptors (Lipinski definition) is 12. The molecule has 13 nitrogen and oxygen atoms in total. The van der Waals surface area contributed by atoms with Crippen LogP contribution in [0.3, 0.4) is 0 Å². The number of thiophene rings is 1. The summed E-state index contributed by atoms with van der Waals surface area (Å²) in [7, 11) is 3.35. The summed E-state index contributed by atoms with van der Waals surface area (Å²) in [5.41, 5.74) is 2.92. The predicted octanol–water partition coefficient (Wildman–Crippen LogP) is 2.05. The number of ether oxygens (including phenoxy) is 1. The van der Waals surface area contributed by atoms with Gasteiger partial charge in [0.2, 0.25) is 5.90 Å². The third kappa shape index (κ3) is 6.56. The number of aliphatic imine (C=N–C) groups is 1. The smallest absolute Gasteiger partial charge is 0.396 e. The Morgan fingerprint density at radius 2 is 2.02 bits per heavy atom. The first-order valence-corrected chi connectivity index (χ1v) is 14.9. The lowest BCUT2D eigenvalue weighted by atomic mass is 9.95. The number of alkyl halides is 4. The van der Waals surface area contributed by atoms with Crippen LogP contribution in [-0.2, 0) is 18.3 Å². The van der Waals surface area contributed by atoms with Crippen LogP contribution >= 0.6 is 11.3 Å². The highest BCUT2D eigenvalue weighted by Gasteiger charge is 2.46. The number of aryl methyl sites for hydroxylation is 1. The summed E-state index contributed by atoms with van der Waals surface area (Å²) in [5.74, 6) is -1.43. The average Bonchev–Trinajstić information content (AvgIpc) is 3.70. The van der Waals surface area contributed by atoms with Crippen molar-refractivity contribution in [2.45, 2.75) is 68.5 Å². The summed E-state index contributed by atoms with van der Waals surface area (Å²) in [6.07, 6.45) is -8.02. The van der Waals surface area contributed by atoms with Crippen LogP contribution in [0.5, 0.6) is 5.88 Å². The van der Waals surface area contributed by atoms with Gasteiger partial charge in [-0.2, -0.15) is 13.2 Å². The number of nitrogens with one attached hydrogen (secondary N) is 3. The van der Waals surface area contributed by atoms with Crippen LogP contribution in [0, 0.1) is 0 Å². The Balaban J connectivity index is 1.23. The molecule has 0 aliphatic carbocycles. The molecule has 18 heteroatoms. The number of piperidine rings is 1.